The van der Waals surface area contributed by atoms with Crippen LogP contribution in [0.15, 0.2) is 55.1 Å². The standard InChI is InChI=1S/C19H18N4O3/c1-3-14-6-4-5-13(2)18(14)21-19(24)15-7-8-16(17(11-15)23(25)26)22-10-9-20-12-22/h4-12H,3H2,1-2H3,(H,21,24). The van der Waals surface area contributed by atoms with Gasteiger partial charge in [-0.3, -0.25) is 14.9 Å². The number of benzene rings is 2. The molecule has 0 atom stereocenters. The van der Waals surface area contributed by atoms with Crippen LogP contribution in [0.25, 0.3) is 5.69 Å². The molecule has 0 saturated heterocycles. The van der Waals surface area contributed by atoms with Crippen molar-refractivity contribution in [3.8, 4) is 5.69 Å². The molecule has 0 radical (unpaired) electrons. The number of aryl methyl sites for hydroxylation is 2. The third-order valence-corrected chi connectivity index (χ3v) is 4.20. The van der Waals surface area contributed by atoms with Gasteiger partial charge in [-0.2, -0.15) is 0 Å². The maximum atomic E-state index is 12.7. The molecule has 0 spiro atoms. The van der Waals surface area contributed by atoms with E-state index in [1.54, 1.807) is 18.3 Å². The van der Waals surface area contributed by atoms with Gasteiger partial charge in [0.25, 0.3) is 11.6 Å². The van der Waals surface area contributed by atoms with Crippen LogP contribution in [0.4, 0.5) is 11.4 Å². The van der Waals surface area contributed by atoms with Gasteiger partial charge in [0.15, 0.2) is 0 Å². The highest BCUT2D eigenvalue weighted by atomic mass is 16.6. The third kappa shape index (κ3) is 3.32. The van der Waals surface area contributed by atoms with E-state index in [1.165, 1.54) is 23.2 Å². The van der Waals surface area contributed by atoms with Crippen molar-refractivity contribution in [3.63, 3.8) is 0 Å². The Morgan fingerprint density at radius 3 is 2.77 bits per heavy atom. The lowest BCUT2D eigenvalue weighted by molar-refractivity contribution is -0.384. The van der Waals surface area contributed by atoms with Gasteiger partial charge in [0.2, 0.25) is 0 Å². The van der Waals surface area contributed by atoms with Gasteiger partial charge in [-0.15, -0.1) is 0 Å². The number of anilines is 1. The summed E-state index contributed by atoms with van der Waals surface area (Å²) >= 11 is 0. The number of nitro groups is 1. The number of rotatable bonds is 5. The molecule has 0 aliphatic heterocycles. The molecule has 1 amide bonds. The lowest BCUT2D eigenvalue weighted by Crippen LogP contribution is -2.15. The molecule has 7 heteroatoms. The Kier molecular flexibility index (Phi) is 4.79. The molecule has 132 valence electrons. The molecule has 1 N–H and O–H groups in total. The molecular formula is C19H18N4O3. The van der Waals surface area contributed by atoms with Gasteiger partial charge in [0.1, 0.15) is 5.69 Å². The van der Waals surface area contributed by atoms with Crippen LogP contribution in [-0.2, 0) is 6.42 Å². The SMILES string of the molecule is CCc1cccc(C)c1NC(=O)c1ccc(-n2ccnc2)c([N+](=O)[O-])c1. The maximum Gasteiger partial charge on any atom is 0.294 e. The molecule has 26 heavy (non-hydrogen) atoms. The van der Waals surface area contributed by atoms with E-state index in [0.717, 1.165) is 23.2 Å². The molecule has 3 rings (SSSR count). The van der Waals surface area contributed by atoms with E-state index < -0.39 is 4.92 Å². The summed E-state index contributed by atoms with van der Waals surface area (Å²) in [6, 6.07) is 10.2. The minimum Gasteiger partial charge on any atom is -0.321 e. The van der Waals surface area contributed by atoms with Crippen LogP contribution in [0, 0.1) is 17.0 Å². The highest BCUT2D eigenvalue weighted by molar-refractivity contribution is 6.05. The third-order valence-electron chi connectivity index (χ3n) is 4.20. The summed E-state index contributed by atoms with van der Waals surface area (Å²) in [5, 5.41) is 14.3. The lowest BCUT2D eigenvalue weighted by atomic mass is 10.1. The molecule has 0 fully saturated rings. The van der Waals surface area contributed by atoms with Crippen LogP contribution in [-0.4, -0.2) is 20.4 Å². The number of imidazole rings is 1. The zero-order valence-corrected chi connectivity index (χ0v) is 14.5. The predicted octanol–water partition coefficient (Wildman–Crippen LogP) is 3.90. The second-order valence-electron chi connectivity index (χ2n) is 5.85. The summed E-state index contributed by atoms with van der Waals surface area (Å²) in [4.78, 5) is 27.5. The van der Waals surface area contributed by atoms with Gasteiger partial charge in [-0.1, -0.05) is 25.1 Å². The largest absolute Gasteiger partial charge is 0.321 e. The van der Waals surface area contributed by atoms with Gasteiger partial charge in [-0.25, -0.2) is 4.98 Å². The van der Waals surface area contributed by atoms with E-state index in [1.807, 2.05) is 32.0 Å². The van der Waals surface area contributed by atoms with E-state index in [2.05, 4.69) is 10.3 Å². The molecule has 1 heterocycles. The average molecular weight is 350 g/mol. The normalized spacial score (nSPS) is 10.5. The molecule has 0 aliphatic carbocycles. The number of aromatic nitrogens is 2. The molecule has 3 aromatic rings. The second-order valence-corrected chi connectivity index (χ2v) is 5.85. The van der Waals surface area contributed by atoms with Crippen molar-refractivity contribution in [2.75, 3.05) is 5.32 Å². The summed E-state index contributed by atoms with van der Waals surface area (Å²) in [5.74, 6) is -0.380. The number of hydrogen-bond acceptors (Lipinski definition) is 4. The minimum atomic E-state index is -0.503. The van der Waals surface area contributed by atoms with Gasteiger partial charge in [0, 0.05) is 29.7 Å². The Labute approximate surface area is 150 Å². The van der Waals surface area contributed by atoms with Crippen LogP contribution in [0.5, 0.6) is 0 Å². The molecule has 2 aromatic carbocycles. The van der Waals surface area contributed by atoms with Crippen molar-refractivity contribution in [3.05, 3.63) is 81.9 Å². The van der Waals surface area contributed by atoms with Crippen molar-refractivity contribution in [1.82, 2.24) is 9.55 Å². The summed E-state index contributed by atoms with van der Waals surface area (Å²) in [7, 11) is 0. The van der Waals surface area contributed by atoms with Gasteiger partial charge < -0.3 is 9.88 Å². The van der Waals surface area contributed by atoms with Crippen molar-refractivity contribution in [1.29, 1.82) is 0 Å². The Morgan fingerprint density at radius 2 is 2.12 bits per heavy atom. The summed E-state index contributed by atoms with van der Waals surface area (Å²) in [6.07, 6.45) is 5.40. The van der Waals surface area contributed by atoms with Crippen LogP contribution < -0.4 is 5.32 Å². The minimum absolute atomic E-state index is 0.156. The quantitative estimate of drug-likeness (QED) is 0.558. The Balaban J connectivity index is 1.96. The number of carbonyl (C=O) groups is 1. The van der Waals surface area contributed by atoms with Crippen molar-refractivity contribution in [2.45, 2.75) is 20.3 Å². The predicted molar refractivity (Wildman–Crippen MR) is 98.7 cm³/mol. The van der Waals surface area contributed by atoms with Crippen molar-refractivity contribution in [2.24, 2.45) is 0 Å². The number of nitrogens with zero attached hydrogens (tertiary/aromatic N) is 3. The van der Waals surface area contributed by atoms with E-state index in [9.17, 15) is 14.9 Å². The number of para-hydroxylation sites is 1. The van der Waals surface area contributed by atoms with Crippen molar-refractivity contribution >= 4 is 17.3 Å². The molecule has 0 aliphatic rings. The van der Waals surface area contributed by atoms with Crippen molar-refractivity contribution < 1.29 is 9.72 Å². The first-order valence-corrected chi connectivity index (χ1v) is 8.18. The zero-order valence-electron chi connectivity index (χ0n) is 14.5. The van der Waals surface area contributed by atoms with Crippen LogP contribution in [0.1, 0.15) is 28.4 Å². The topological polar surface area (TPSA) is 90.1 Å². The molecule has 0 saturated carbocycles. The highest BCUT2D eigenvalue weighted by Gasteiger charge is 2.19. The summed E-state index contributed by atoms with van der Waals surface area (Å²) < 4.78 is 1.54. The van der Waals surface area contributed by atoms with E-state index in [-0.39, 0.29) is 17.2 Å². The highest BCUT2D eigenvalue weighted by Crippen LogP contribution is 2.26. The number of amides is 1. The second kappa shape index (κ2) is 7.18. The molecule has 1 aromatic heterocycles. The fourth-order valence-electron chi connectivity index (χ4n) is 2.82. The first kappa shape index (κ1) is 17.3. The maximum absolute atomic E-state index is 12.7. The smallest absolute Gasteiger partial charge is 0.294 e. The van der Waals surface area contributed by atoms with E-state index in [0.29, 0.717) is 5.69 Å². The van der Waals surface area contributed by atoms with E-state index >= 15 is 0 Å². The van der Waals surface area contributed by atoms with Crippen LogP contribution in [0.3, 0.4) is 0 Å². The summed E-state index contributed by atoms with van der Waals surface area (Å²) in [5.41, 5.74) is 3.14. The fourth-order valence-corrected chi connectivity index (χ4v) is 2.82. The van der Waals surface area contributed by atoms with Gasteiger partial charge >= 0.3 is 0 Å². The van der Waals surface area contributed by atoms with E-state index in [4.69, 9.17) is 0 Å². The molecular weight excluding hydrogens is 332 g/mol. The summed E-state index contributed by atoms with van der Waals surface area (Å²) in [6.45, 7) is 3.93. The lowest BCUT2D eigenvalue weighted by Gasteiger charge is -2.13. The Hall–Kier alpha value is -3.48. The van der Waals surface area contributed by atoms with Crippen LogP contribution in [0.2, 0.25) is 0 Å². The number of nitro benzene ring substituents is 1. The molecule has 0 unspecified atom stereocenters. The van der Waals surface area contributed by atoms with Gasteiger partial charge in [0.05, 0.1) is 11.3 Å². The number of nitrogens with one attached hydrogen (secondary N) is 1. The monoisotopic (exact) mass is 350 g/mol. The molecule has 7 nitrogen and oxygen atoms in total. The average Bonchev–Trinajstić information content (AvgIpc) is 3.17. The molecule has 0 bridgehead atoms. The van der Waals surface area contributed by atoms with Crippen LogP contribution >= 0.6 is 0 Å². The first-order chi connectivity index (χ1) is 12.5. The number of carbonyl (C=O) groups excluding carboxylic acids is 1. The Morgan fingerprint density at radius 1 is 1.31 bits per heavy atom. The number of hydrogen-bond donors (Lipinski definition) is 1. The Bertz CT molecular complexity index is 965. The zero-order chi connectivity index (χ0) is 18.7. The first-order valence-electron chi connectivity index (χ1n) is 8.18. The van der Waals surface area contributed by atoms with Gasteiger partial charge in [-0.05, 0) is 36.6 Å². The fraction of sp³-hybridized carbons (Fsp3) is 0.158.